The maximum Gasteiger partial charge on any atom is 0.134 e. The van der Waals surface area contributed by atoms with Gasteiger partial charge in [-0.2, -0.15) is 0 Å². The highest BCUT2D eigenvalue weighted by molar-refractivity contribution is 9.10. The Kier molecular flexibility index (Phi) is 5.06. The largest absolute Gasteiger partial charge is 0.491 e. The molecule has 2 nitrogen and oxygen atoms in total. The van der Waals surface area contributed by atoms with Gasteiger partial charge in [0.2, 0.25) is 0 Å². The molecule has 0 atom stereocenters. The van der Waals surface area contributed by atoms with Crippen LogP contribution in [0.25, 0.3) is 10.8 Å². The van der Waals surface area contributed by atoms with Crippen LogP contribution in [0.3, 0.4) is 0 Å². The molecule has 2 aromatic rings. The van der Waals surface area contributed by atoms with Gasteiger partial charge in [-0.15, -0.1) is 0 Å². The summed E-state index contributed by atoms with van der Waals surface area (Å²) in [5, 5.41) is 5.90. The van der Waals surface area contributed by atoms with E-state index in [4.69, 9.17) is 4.74 Å². The van der Waals surface area contributed by atoms with Gasteiger partial charge in [0.05, 0.1) is 4.47 Å². The van der Waals surface area contributed by atoms with Crippen molar-refractivity contribution < 1.29 is 4.74 Å². The molecule has 0 aromatic heterocycles. The summed E-state index contributed by atoms with van der Waals surface area (Å²) >= 11 is 3.64. The average molecular weight is 336 g/mol. The lowest BCUT2D eigenvalue weighted by atomic mass is 10.0. The molecule has 0 unspecified atom stereocenters. The quantitative estimate of drug-likeness (QED) is 0.768. The molecular formula is C17H22BrNO. The van der Waals surface area contributed by atoms with Crippen LogP contribution in [-0.2, 0) is 0 Å². The fraction of sp³-hybridized carbons (Fsp3) is 0.412. The average Bonchev–Trinajstić information content (AvgIpc) is 2.46. The van der Waals surface area contributed by atoms with Gasteiger partial charge in [0.25, 0.3) is 0 Å². The summed E-state index contributed by atoms with van der Waals surface area (Å²) in [5.74, 6) is 0.903. The highest BCUT2D eigenvalue weighted by Gasteiger charge is 2.13. The van der Waals surface area contributed by atoms with Gasteiger partial charge >= 0.3 is 0 Å². The lowest BCUT2D eigenvalue weighted by Gasteiger charge is -2.24. The van der Waals surface area contributed by atoms with Crippen LogP contribution in [0.4, 0.5) is 0 Å². The first-order valence-corrected chi connectivity index (χ1v) is 7.88. The van der Waals surface area contributed by atoms with E-state index in [9.17, 15) is 0 Å². The van der Waals surface area contributed by atoms with Gasteiger partial charge in [-0.05, 0) is 53.0 Å². The summed E-state index contributed by atoms with van der Waals surface area (Å²) in [7, 11) is 0. The Morgan fingerprint density at radius 2 is 1.90 bits per heavy atom. The zero-order valence-corrected chi connectivity index (χ0v) is 14.0. The van der Waals surface area contributed by atoms with E-state index in [-0.39, 0.29) is 5.54 Å². The Morgan fingerprint density at radius 3 is 2.65 bits per heavy atom. The lowest BCUT2D eigenvalue weighted by molar-refractivity contribution is 0.280. The number of halogens is 1. The minimum Gasteiger partial charge on any atom is -0.491 e. The van der Waals surface area contributed by atoms with Crippen LogP contribution >= 0.6 is 15.9 Å². The van der Waals surface area contributed by atoms with Crippen LogP contribution < -0.4 is 10.1 Å². The van der Waals surface area contributed by atoms with Crippen molar-refractivity contribution in [3.8, 4) is 5.75 Å². The second-order valence-electron chi connectivity index (χ2n) is 5.61. The number of rotatable bonds is 6. The van der Waals surface area contributed by atoms with Crippen molar-refractivity contribution in [3.63, 3.8) is 0 Å². The maximum absolute atomic E-state index is 5.88. The molecule has 20 heavy (non-hydrogen) atoms. The van der Waals surface area contributed by atoms with Crippen LogP contribution in [0.15, 0.2) is 40.9 Å². The molecule has 0 aliphatic rings. The zero-order valence-electron chi connectivity index (χ0n) is 12.4. The summed E-state index contributed by atoms with van der Waals surface area (Å²) in [6.45, 7) is 8.12. The van der Waals surface area contributed by atoms with Gasteiger partial charge in [0.1, 0.15) is 12.4 Å². The Hall–Kier alpha value is -1.06. The second-order valence-corrected chi connectivity index (χ2v) is 6.40. The number of hydrogen-bond acceptors (Lipinski definition) is 2. The molecule has 0 aliphatic heterocycles. The van der Waals surface area contributed by atoms with Crippen molar-refractivity contribution >= 4 is 26.7 Å². The summed E-state index contributed by atoms with van der Waals surface area (Å²) in [4.78, 5) is 0. The number of ether oxygens (including phenoxy) is 1. The first-order chi connectivity index (χ1) is 9.53. The number of benzene rings is 2. The van der Waals surface area contributed by atoms with Gasteiger partial charge in [-0.3, -0.25) is 0 Å². The van der Waals surface area contributed by atoms with Crippen LogP contribution in [-0.4, -0.2) is 18.7 Å². The third-order valence-electron chi connectivity index (χ3n) is 3.67. The molecule has 0 bridgehead atoms. The van der Waals surface area contributed by atoms with Crippen molar-refractivity contribution in [1.82, 2.24) is 5.32 Å². The highest BCUT2D eigenvalue weighted by atomic mass is 79.9. The molecule has 108 valence electrons. The molecule has 0 aliphatic carbocycles. The normalized spacial score (nSPS) is 11.8. The first-order valence-electron chi connectivity index (χ1n) is 7.08. The third-order valence-corrected chi connectivity index (χ3v) is 4.49. The topological polar surface area (TPSA) is 21.3 Å². The molecule has 0 radical (unpaired) electrons. The van der Waals surface area contributed by atoms with E-state index in [1.165, 1.54) is 10.8 Å². The summed E-state index contributed by atoms with van der Waals surface area (Å²) < 4.78 is 6.91. The third kappa shape index (κ3) is 3.74. The van der Waals surface area contributed by atoms with Crippen LogP contribution in [0.5, 0.6) is 5.75 Å². The molecule has 0 spiro atoms. The monoisotopic (exact) mass is 335 g/mol. The van der Waals surface area contributed by atoms with E-state index in [1.807, 2.05) is 18.2 Å². The molecule has 0 saturated heterocycles. The minimum atomic E-state index is 0.171. The number of fused-ring (bicyclic) bond motifs is 1. The van der Waals surface area contributed by atoms with E-state index < -0.39 is 0 Å². The maximum atomic E-state index is 5.88. The van der Waals surface area contributed by atoms with Gasteiger partial charge in [0.15, 0.2) is 0 Å². The van der Waals surface area contributed by atoms with Gasteiger partial charge < -0.3 is 10.1 Å². The molecule has 2 aromatic carbocycles. The summed E-state index contributed by atoms with van der Waals surface area (Å²) in [6.07, 6.45) is 1.10. The van der Waals surface area contributed by atoms with Crippen LogP contribution in [0, 0.1) is 0 Å². The Balaban J connectivity index is 1.99. The highest BCUT2D eigenvalue weighted by Crippen LogP contribution is 2.32. The summed E-state index contributed by atoms with van der Waals surface area (Å²) in [5.41, 5.74) is 0.171. The van der Waals surface area contributed by atoms with E-state index in [2.05, 4.69) is 60.2 Å². The van der Waals surface area contributed by atoms with Crippen LogP contribution in [0.1, 0.15) is 27.2 Å². The smallest absolute Gasteiger partial charge is 0.134 e. The first kappa shape index (κ1) is 15.3. The van der Waals surface area contributed by atoms with Crippen molar-refractivity contribution in [2.75, 3.05) is 13.2 Å². The Bertz CT molecular complexity index is 580. The SMILES string of the molecule is CCC(C)(C)NCCOc1ccc2ccccc2c1Br. The molecule has 2 rings (SSSR count). The van der Waals surface area contributed by atoms with E-state index in [1.54, 1.807) is 0 Å². The second kappa shape index (κ2) is 6.59. The van der Waals surface area contributed by atoms with Crippen LogP contribution in [0.2, 0.25) is 0 Å². The lowest BCUT2D eigenvalue weighted by Crippen LogP contribution is -2.40. The standard InChI is InChI=1S/C17H22BrNO/c1-4-17(2,3)19-11-12-20-15-10-9-13-7-5-6-8-14(13)16(15)18/h5-10,19H,4,11-12H2,1-3H3. The number of hydrogen-bond donors (Lipinski definition) is 1. The van der Waals surface area contributed by atoms with Gasteiger partial charge in [-0.1, -0.05) is 37.3 Å². The van der Waals surface area contributed by atoms with E-state index >= 15 is 0 Å². The minimum absolute atomic E-state index is 0.171. The Labute approximate surface area is 129 Å². The molecular weight excluding hydrogens is 314 g/mol. The van der Waals surface area contributed by atoms with Crippen molar-refractivity contribution in [1.29, 1.82) is 0 Å². The van der Waals surface area contributed by atoms with Crippen molar-refractivity contribution in [2.45, 2.75) is 32.7 Å². The fourth-order valence-electron chi connectivity index (χ4n) is 2.00. The zero-order chi connectivity index (χ0) is 14.6. The molecule has 3 heteroatoms. The molecule has 0 fully saturated rings. The van der Waals surface area contributed by atoms with E-state index in [0.717, 1.165) is 23.2 Å². The molecule has 0 saturated carbocycles. The molecule has 0 amide bonds. The number of nitrogens with one attached hydrogen (secondary N) is 1. The molecule has 0 heterocycles. The predicted molar refractivity (Wildman–Crippen MR) is 89.5 cm³/mol. The van der Waals surface area contributed by atoms with Crippen molar-refractivity contribution in [3.05, 3.63) is 40.9 Å². The molecule has 1 N–H and O–H groups in total. The van der Waals surface area contributed by atoms with Gasteiger partial charge in [0, 0.05) is 12.1 Å². The summed E-state index contributed by atoms with van der Waals surface area (Å²) in [6, 6.07) is 12.4. The van der Waals surface area contributed by atoms with Crippen molar-refractivity contribution in [2.24, 2.45) is 0 Å². The van der Waals surface area contributed by atoms with E-state index in [0.29, 0.717) is 6.61 Å². The predicted octanol–water partition coefficient (Wildman–Crippen LogP) is 4.76. The Morgan fingerprint density at radius 1 is 1.15 bits per heavy atom. The van der Waals surface area contributed by atoms with Gasteiger partial charge in [-0.25, -0.2) is 0 Å². The fourth-order valence-corrected chi connectivity index (χ4v) is 2.61.